The van der Waals surface area contributed by atoms with Gasteiger partial charge in [-0.25, -0.2) is 0 Å². The number of ether oxygens (including phenoxy) is 8. The summed E-state index contributed by atoms with van der Waals surface area (Å²) in [6.07, 6.45) is 0. The molecule has 0 saturated carbocycles. The first kappa shape index (κ1) is 35.4. The predicted molar refractivity (Wildman–Crippen MR) is 193 cm³/mol. The topological polar surface area (TPSA) is 73.8 Å². The number of methoxy groups -OCH3 is 4. The van der Waals surface area contributed by atoms with E-state index in [4.69, 9.17) is 37.9 Å². The largest absolute Gasteiger partial charge is 0.491 e. The van der Waals surface area contributed by atoms with Crippen LogP contribution in [0.1, 0.15) is 0 Å². The van der Waals surface area contributed by atoms with Gasteiger partial charge in [0.15, 0.2) is 0 Å². The summed E-state index contributed by atoms with van der Waals surface area (Å²) in [6, 6.07) is 29.1. The van der Waals surface area contributed by atoms with Crippen LogP contribution in [0.3, 0.4) is 0 Å². The zero-order valence-corrected chi connectivity index (χ0v) is 29.5. The molecule has 0 aliphatic heterocycles. The van der Waals surface area contributed by atoms with Crippen molar-refractivity contribution in [3.05, 3.63) is 84.9 Å². The van der Waals surface area contributed by atoms with Gasteiger partial charge in [-0.2, -0.15) is 0 Å². The Labute approximate surface area is 290 Å². The highest BCUT2D eigenvalue weighted by Crippen LogP contribution is 2.43. The first-order valence-electron chi connectivity index (χ1n) is 15.7. The third-order valence-electron chi connectivity index (χ3n) is 7.30. The van der Waals surface area contributed by atoms with E-state index in [0.717, 1.165) is 55.0 Å². The molecule has 0 aliphatic carbocycles. The van der Waals surface area contributed by atoms with E-state index >= 15 is 0 Å². The number of hydrogen-bond donors (Lipinski definition) is 0. The lowest BCUT2D eigenvalue weighted by molar-refractivity contribution is 0.144. The monoisotopic (exact) mass is 690 g/mol. The Bertz CT molecular complexity index is 1570. The Morgan fingerprint density at radius 3 is 1.10 bits per heavy atom. The van der Waals surface area contributed by atoms with Crippen LogP contribution in [0.2, 0.25) is 0 Å². The molecule has 2 aromatic heterocycles. The van der Waals surface area contributed by atoms with Gasteiger partial charge in [0.1, 0.15) is 49.4 Å². The lowest BCUT2D eigenvalue weighted by atomic mass is 10.1. The predicted octanol–water partition coefficient (Wildman–Crippen LogP) is 8.58. The molecule has 48 heavy (non-hydrogen) atoms. The number of hydrogen-bond acceptors (Lipinski definition) is 10. The van der Waals surface area contributed by atoms with Gasteiger partial charge in [-0.3, -0.25) is 0 Å². The third kappa shape index (κ3) is 9.59. The Morgan fingerprint density at radius 1 is 0.375 bits per heavy atom. The van der Waals surface area contributed by atoms with Gasteiger partial charge in [0.25, 0.3) is 0 Å². The summed E-state index contributed by atoms with van der Waals surface area (Å²) in [5, 5.41) is 0. The van der Waals surface area contributed by atoms with E-state index in [1.165, 1.54) is 9.75 Å². The van der Waals surface area contributed by atoms with Crippen molar-refractivity contribution in [1.82, 2.24) is 0 Å². The molecule has 0 amide bonds. The molecular formula is C38H42O8S2. The molecular weight excluding hydrogens is 649 g/mol. The SMILES string of the molecule is COCCOc1ccc(OCCOC)c(-c2ccc(-c3ccc(-c4ccc(-c5cc(OCCOC)ccc5OCCOC)s4)cc3)s2)c1. The molecule has 0 bridgehead atoms. The molecule has 10 heteroatoms. The second-order valence-electron chi connectivity index (χ2n) is 10.6. The molecule has 3 aromatic carbocycles. The Hall–Kier alpha value is -3.90. The van der Waals surface area contributed by atoms with Crippen LogP contribution in [0.4, 0.5) is 0 Å². The summed E-state index contributed by atoms with van der Waals surface area (Å²) in [5.74, 6) is 3.13. The number of rotatable bonds is 20. The zero-order valence-electron chi connectivity index (χ0n) is 27.8. The van der Waals surface area contributed by atoms with Crippen molar-refractivity contribution in [2.75, 3.05) is 81.3 Å². The smallest absolute Gasteiger partial charge is 0.128 e. The van der Waals surface area contributed by atoms with Gasteiger partial charge in [0, 0.05) is 59.1 Å². The second kappa shape index (κ2) is 18.6. The number of thiophene rings is 2. The van der Waals surface area contributed by atoms with Crippen molar-refractivity contribution in [1.29, 1.82) is 0 Å². The van der Waals surface area contributed by atoms with Crippen molar-refractivity contribution in [3.8, 4) is 64.8 Å². The summed E-state index contributed by atoms with van der Waals surface area (Å²) in [7, 11) is 6.67. The Balaban J connectivity index is 1.35. The highest BCUT2D eigenvalue weighted by atomic mass is 32.1. The molecule has 0 radical (unpaired) electrons. The van der Waals surface area contributed by atoms with Crippen LogP contribution in [-0.2, 0) is 18.9 Å². The molecule has 8 nitrogen and oxygen atoms in total. The van der Waals surface area contributed by atoms with Crippen LogP contribution in [0.15, 0.2) is 84.9 Å². The molecule has 254 valence electrons. The van der Waals surface area contributed by atoms with Crippen LogP contribution < -0.4 is 18.9 Å². The summed E-state index contributed by atoms with van der Waals surface area (Å²) in [4.78, 5) is 4.53. The van der Waals surface area contributed by atoms with Crippen molar-refractivity contribution in [3.63, 3.8) is 0 Å². The van der Waals surface area contributed by atoms with Gasteiger partial charge in [-0.15, -0.1) is 22.7 Å². The lowest BCUT2D eigenvalue weighted by Gasteiger charge is -2.13. The van der Waals surface area contributed by atoms with Gasteiger partial charge >= 0.3 is 0 Å². The normalized spacial score (nSPS) is 11.1. The molecule has 0 fully saturated rings. The van der Waals surface area contributed by atoms with E-state index in [1.54, 1.807) is 51.1 Å². The maximum absolute atomic E-state index is 6.06. The van der Waals surface area contributed by atoms with Crippen LogP contribution >= 0.6 is 22.7 Å². The highest BCUT2D eigenvalue weighted by molar-refractivity contribution is 7.19. The van der Waals surface area contributed by atoms with Gasteiger partial charge < -0.3 is 37.9 Å². The minimum Gasteiger partial charge on any atom is -0.491 e. The average Bonchev–Trinajstić information content (AvgIpc) is 3.81. The van der Waals surface area contributed by atoms with E-state index in [9.17, 15) is 0 Å². The van der Waals surface area contributed by atoms with Gasteiger partial charge in [0.05, 0.1) is 26.4 Å². The number of benzene rings is 3. The van der Waals surface area contributed by atoms with E-state index in [2.05, 4.69) is 48.5 Å². The zero-order chi connectivity index (χ0) is 33.6. The lowest BCUT2D eigenvalue weighted by Crippen LogP contribution is -2.06. The molecule has 0 spiro atoms. The van der Waals surface area contributed by atoms with Gasteiger partial charge in [-0.05, 0) is 71.8 Å². The Morgan fingerprint density at radius 2 is 0.729 bits per heavy atom. The molecule has 0 atom stereocenters. The van der Waals surface area contributed by atoms with Crippen molar-refractivity contribution >= 4 is 22.7 Å². The minimum atomic E-state index is 0.466. The van der Waals surface area contributed by atoms with E-state index in [0.29, 0.717) is 52.9 Å². The summed E-state index contributed by atoms with van der Waals surface area (Å²) in [5.41, 5.74) is 4.27. The van der Waals surface area contributed by atoms with Crippen LogP contribution in [0, 0.1) is 0 Å². The van der Waals surface area contributed by atoms with Crippen LogP contribution in [0.25, 0.3) is 41.8 Å². The maximum Gasteiger partial charge on any atom is 0.128 e. The maximum atomic E-state index is 6.06. The fourth-order valence-electron chi connectivity index (χ4n) is 4.86. The van der Waals surface area contributed by atoms with Crippen LogP contribution in [-0.4, -0.2) is 81.3 Å². The minimum absolute atomic E-state index is 0.466. The molecule has 0 saturated heterocycles. The quantitative estimate of drug-likeness (QED) is 0.0753. The summed E-state index contributed by atoms with van der Waals surface area (Å²) >= 11 is 3.44. The van der Waals surface area contributed by atoms with Gasteiger partial charge in [0.2, 0.25) is 0 Å². The third-order valence-corrected chi connectivity index (χ3v) is 9.64. The first-order chi connectivity index (χ1) is 23.6. The second-order valence-corrected chi connectivity index (χ2v) is 12.8. The molecule has 5 rings (SSSR count). The molecule has 0 N–H and O–H groups in total. The standard InChI is InChI=1S/C38H42O8S2/c1-39-17-21-43-29-9-11-33(45-23-19-41-3)31(25-29)37-15-13-35(47-37)27-5-7-28(8-6-27)36-14-16-38(48-36)32-26-30(44-22-18-40-2)10-12-34(32)46-24-20-42-4/h5-16,25-26H,17-24H2,1-4H3. The molecule has 5 aromatic rings. The fourth-order valence-corrected chi connectivity index (χ4v) is 6.93. The first-order valence-corrected chi connectivity index (χ1v) is 17.3. The molecule has 2 heterocycles. The van der Waals surface area contributed by atoms with Crippen molar-refractivity contribution < 1.29 is 37.9 Å². The van der Waals surface area contributed by atoms with Crippen molar-refractivity contribution in [2.24, 2.45) is 0 Å². The summed E-state index contributed by atoms with van der Waals surface area (Å²) in [6.45, 7) is 3.96. The molecule has 0 unspecified atom stereocenters. The highest BCUT2D eigenvalue weighted by Gasteiger charge is 2.15. The van der Waals surface area contributed by atoms with E-state index in [1.807, 2.05) is 36.4 Å². The van der Waals surface area contributed by atoms with E-state index in [-0.39, 0.29) is 0 Å². The van der Waals surface area contributed by atoms with Crippen LogP contribution in [0.5, 0.6) is 23.0 Å². The van der Waals surface area contributed by atoms with E-state index < -0.39 is 0 Å². The summed E-state index contributed by atoms with van der Waals surface area (Å²) < 4.78 is 44.6. The van der Waals surface area contributed by atoms with Gasteiger partial charge in [-0.1, -0.05) is 24.3 Å². The van der Waals surface area contributed by atoms with Crippen molar-refractivity contribution in [2.45, 2.75) is 0 Å². The average molecular weight is 691 g/mol. The Kier molecular flexibility index (Phi) is 13.7. The fraction of sp³-hybridized carbons (Fsp3) is 0.316. The molecule has 0 aliphatic rings.